The monoisotopic (exact) mass is 245 g/mol. The Morgan fingerprint density at radius 2 is 1.33 bits per heavy atom. The maximum absolute atomic E-state index is 5.30. The molecule has 1 heterocycles. The van der Waals surface area contributed by atoms with Crippen LogP contribution in [0.4, 0.5) is 0 Å². The number of hydrogen-bond acceptors (Lipinski definition) is 2. The third kappa shape index (κ3) is 5.15. The van der Waals surface area contributed by atoms with Crippen LogP contribution in [0.1, 0.15) is 26.7 Å². The topological polar surface area (TPSA) is 18.5 Å². The van der Waals surface area contributed by atoms with Crippen molar-refractivity contribution < 1.29 is 28.0 Å². The van der Waals surface area contributed by atoms with Gasteiger partial charge < -0.3 is 9.47 Å². The molecule has 0 saturated heterocycles. The first-order valence-corrected chi connectivity index (χ1v) is 5.23. The summed E-state index contributed by atoms with van der Waals surface area (Å²) < 4.78 is 10.6. The van der Waals surface area contributed by atoms with Crippen LogP contribution in [0.25, 0.3) is 0 Å². The zero-order chi connectivity index (χ0) is 10.2. The van der Waals surface area contributed by atoms with Crippen molar-refractivity contribution in [3.05, 3.63) is 24.3 Å². The Kier molecular flexibility index (Phi) is 8.35. The first-order chi connectivity index (χ1) is 6.88. The summed E-state index contributed by atoms with van der Waals surface area (Å²) in [6.45, 7) is 5.69. The van der Waals surface area contributed by atoms with E-state index in [4.69, 9.17) is 9.47 Å². The molecule has 1 aromatic carbocycles. The van der Waals surface area contributed by atoms with Crippen LogP contribution < -0.4 is 9.47 Å². The smallest absolute Gasteiger partial charge is 0.161 e. The molecule has 3 heteroatoms. The zero-order valence-electron chi connectivity index (χ0n) is 9.40. The third-order valence-electron chi connectivity index (χ3n) is 1.95. The summed E-state index contributed by atoms with van der Waals surface area (Å²) in [6, 6.07) is 7.70. The van der Waals surface area contributed by atoms with Crippen LogP contribution in [-0.4, -0.2) is 13.2 Å². The van der Waals surface area contributed by atoms with Crippen LogP contribution in [0, 0.1) is 0 Å². The Balaban J connectivity index is 0.000000346. The van der Waals surface area contributed by atoms with Gasteiger partial charge in [0.05, 0.1) is 0 Å². The van der Waals surface area contributed by atoms with E-state index in [1.54, 1.807) is 0 Å². The summed E-state index contributed by atoms with van der Waals surface area (Å²) in [7, 11) is 0. The Morgan fingerprint density at radius 1 is 0.933 bits per heavy atom. The molecule has 0 unspecified atom stereocenters. The summed E-state index contributed by atoms with van der Waals surface area (Å²) in [4.78, 5) is 0. The summed E-state index contributed by atoms with van der Waals surface area (Å²) in [5.74, 6) is 1.71. The summed E-state index contributed by atoms with van der Waals surface area (Å²) in [5, 5.41) is 0. The van der Waals surface area contributed by atoms with E-state index in [-0.39, 0.29) is 18.6 Å². The van der Waals surface area contributed by atoms with Crippen LogP contribution in [-0.2, 0) is 18.6 Å². The van der Waals surface area contributed by atoms with E-state index in [0.717, 1.165) is 11.5 Å². The minimum absolute atomic E-state index is 0. The number of benzene rings is 1. The Labute approximate surface area is 104 Å². The molecule has 1 aliphatic rings. The largest absolute Gasteiger partial charge is 0.486 e. The molecule has 2 rings (SSSR count). The van der Waals surface area contributed by atoms with Crippen LogP contribution in [0.3, 0.4) is 0 Å². The number of ether oxygens (including phenoxy) is 2. The van der Waals surface area contributed by atoms with Gasteiger partial charge in [0, 0.05) is 18.6 Å². The first kappa shape index (κ1) is 14.4. The predicted molar refractivity (Wildman–Crippen MR) is 58.0 cm³/mol. The second-order valence-corrected chi connectivity index (χ2v) is 3.14. The molecular weight excluding hydrogens is 227 g/mol. The molecule has 0 spiro atoms. The van der Waals surface area contributed by atoms with Crippen LogP contribution in [0.2, 0.25) is 0 Å². The van der Waals surface area contributed by atoms with Crippen molar-refractivity contribution in [3.63, 3.8) is 0 Å². The van der Waals surface area contributed by atoms with E-state index in [2.05, 4.69) is 13.8 Å². The quantitative estimate of drug-likeness (QED) is 0.756. The van der Waals surface area contributed by atoms with Gasteiger partial charge in [-0.25, -0.2) is 0 Å². The maximum Gasteiger partial charge on any atom is 0.161 e. The van der Waals surface area contributed by atoms with E-state index in [9.17, 15) is 0 Å². The van der Waals surface area contributed by atoms with Crippen LogP contribution in [0.15, 0.2) is 24.3 Å². The molecule has 15 heavy (non-hydrogen) atoms. The van der Waals surface area contributed by atoms with Crippen molar-refractivity contribution >= 4 is 0 Å². The van der Waals surface area contributed by atoms with Gasteiger partial charge in [0.15, 0.2) is 11.5 Å². The Morgan fingerprint density at radius 3 is 1.67 bits per heavy atom. The molecule has 2 nitrogen and oxygen atoms in total. The van der Waals surface area contributed by atoms with Crippen LogP contribution in [0.5, 0.6) is 11.5 Å². The second kappa shape index (κ2) is 8.69. The summed E-state index contributed by atoms with van der Waals surface area (Å²) in [6.07, 6.45) is 2.64. The van der Waals surface area contributed by atoms with Crippen molar-refractivity contribution in [3.8, 4) is 11.5 Å². The summed E-state index contributed by atoms with van der Waals surface area (Å²) >= 11 is 0. The third-order valence-corrected chi connectivity index (χ3v) is 1.95. The predicted octanol–water partition coefficient (Wildman–Crippen LogP) is 3.26. The average Bonchev–Trinajstić information content (AvgIpc) is 2.30. The minimum atomic E-state index is 0. The first-order valence-electron chi connectivity index (χ1n) is 5.23. The molecule has 0 saturated carbocycles. The van der Waals surface area contributed by atoms with Gasteiger partial charge in [-0.1, -0.05) is 38.8 Å². The van der Waals surface area contributed by atoms with Crippen molar-refractivity contribution in [2.75, 3.05) is 13.2 Å². The Hall–Kier alpha value is -0.596. The van der Waals surface area contributed by atoms with Gasteiger partial charge in [-0.2, -0.15) is 0 Å². The van der Waals surface area contributed by atoms with Gasteiger partial charge in [-0.15, -0.1) is 0 Å². The SMILES string of the molecule is CCCC.[V].c1ccc2c(c1)OCCO2. The standard InChI is InChI=1S/C8H8O2.C4H10.V/c1-2-4-8-7(3-1)9-5-6-10-8;1-3-4-2;/h1-4H,5-6H2;3-4H2,1-2H3;. The van der Waals surface area contributed by atoms with E-state index < -0.39 is 0 Å². The number of fused-ring (bicyclic) bond motifs is 1. The molecule has 83 valence electrons. The molecule has 0 atom stereocenters. The Bertz CT molecular complexity index is 237. The molecular formula is C12H18O2V. The van der Waals surface area contributed by atoms with E-state index in [1.807, 2.05) is 24.3 Å². The average molecular weight is 245 g/mol. The van der Waals surface area contributed by atoms with Crippen molar-refractivity contribution in [2.24, 2.45) is 0 Å². The molecule has 1 aliphatic heterocycles. The molecule has 1 radical (unpaired) electrons. The number of unbranched alkanes of at least 4 members (excludes halogenated alkanes) is 1. The van der Waals surface area contributed by atoms with Crippen molar-refractivity contribution in [1.29, 1.82) is 0 Å². The van der Waals surface area contributed by atoms with Gasteiger partial charge in [-0.05, 0) is 12.1 Å². The van der Waals surface area contributed by atoms with E-state index >= 15 is 0 Å². The minimum Gasteiger partial charge on any atom is -0.486 e. The molecule has 0 aliphatic carbocycles. The van der Waals surface area contributed by atoms with E-state index in [1.165, 1.54) is 12.8 Å². The van der Waals surface area contributed by atoms with Gasteiger partial charge in [0.25, 0.3) is 0 Å². The van der Waals surface area contributed by atoms with Crippen LogP contribution >= 0.6 is 0 Å². The summed E-state index contributed by atoms with van der Waals surface area (Å²) in [5.41, 5.74) is 0. The van der Waals surface area contributed by atoms with Gasteiger partial charge >= 0.3 is 0 Å². The molecule has 0 aromatic heterocycles. The van der Waals surface area contributed by atoms with Crippen molar-refractivity contribution in [2.45, 2.75) is 26.7 Å². The molecule has 0 N–H and O–H groups in total. The fraction of sp³-hybridized carbons (Fsp3) is 0.500. The number of para-hydroxylation sites is 2. The van der Waals surface area contributed by atoms with Gasteiger partial charge in [0.1, 0.15) is 13.2 Å². The normalized spacial score (nSPS) is 11.9. The molecule has 0 fully saturated rings. The zero-order valence-corrected chi connectivity index (χ0v) is 10.8. The van der Waals surface area contributed by atoms with Gasteiger partial charge in [-0.3, -0.25) is 0 Å². The second-order valence-electron chi connectivity index (χ2n) is 3.14. The number of hydrogen-bond donors (Lipinski definition) is 0. The fourth-order valence-corrected chi connectivity index (χ4v) is 0.992. The molecule has 0 amide bonds. The van der Waals surface area contributed by atoms with Crippen molar-refractivity contribution in [1.82, 2.24) is 0 Å². The maximum atomic E-state index is 5.30. The molecule has 1 aromatic rings. The van der Waals surface area contributed by atoms with E-state index in [0.29, 0.717) is 13.2 Å². The van der Waals surface area contributed by atoms with Gasteiger partial charge in [0.2, 0.25) is 0 Å². The fourth-order valence-electron chi connectivity index (χ4n) is 0.992. The number of rotatable bonds is 1. The molecule has 0 bridgehead atoms.